The minimum absolute atomic E-state index is 0.0647. The molecule has 0 aliphatic rings. The van der Waals surface area contributed by atoms with Crippen molar-refractivity contribution >= 4 is 23.2 Å². The van der Waals surface area contributed by atoms with E-state index in [2.05, 4.69) is 10.6 Å². The highest BCUT2D eigenvalue weighted by atomic mass is 32.1. The fraction of sp³-hybridized carbons (Fsp3) is 0.600. The lowest BCUT2D eigenvalue weighted by atomic mass is 9.83. The average Bonchev–Trinajstić information content (AvgIpc) is 3.03. The molecule has 0 aliphatic carbocycles. The summed E-state index contributed by atoms with van der Waals surface area (Å²) < 4.78 is 0. The number of aliphatic hydroxyl groups is 1. The third-order valence-corrected chi connectivity index (χ3v) is 4.60. The smallest absolute Gasteiger partial charge is 0.252 e. The number of carbonyl (C=O) groups excluding carboxylic acids is 2. The van der Waals surface area contributed by atoms with Gasteiger partial charge in [-0.15, -0.1) is 0 Å². The first-order valence-electron chi connectivity index (χ1n) is 7.25. The molecular weight excluding hydrogens is 288 g/mol. The number of nitrogens with one attached hydrogen (secondary N) is 2. The van der Waals surface area contributed by atoms with E-state index in [0.717, 1.165) is 12.8 Å². The van der Waals surface area contributed by atoms with E-state index in [4.69, 9.17) is 0 Å². The molecule has 5 nitrogen and oxygen atoms in total. The Bertz CT molecular complexity index is 434. The third kappa shape index (κ3) is 5.47. The number of hydrogen-bond acceptors (Lipinski definition) is 4. The van der Waals surface area contributed by atoms with Gasteiger partial charge in [0.1, 0.15) is 0 Å². The summed E-state index contributed by atoms with van der Waals surface area (Å²) in [6.45, 7) is 4.85. The van der Waals surface area contributed by atoms with Gasteiger partial charge < -0.3 is 15.7 Å². The van der Waals surface area contributed by atoms with Crippen molar-refractivity contribution in [2.24, 2.45) is 5.41 Å². The quantitative estimate of drug-likeness (QED) is 0.650. The van der Waals surface area contributed by atoms with Crippen LogP contribution in [0.3, 0.4) is 0 Å². The summed E-state index contributed by atoms with van der Waals surface area (Å²) in [4.78, 5) is 23.4. The Kier molecular flexibility index (Phi) is 7.39. The molecule has 21 heavy (non-hydrogen) atoms. The molecule has 0 spiro atoms. The van der Waals surface area contributed by atoms with E-state index in [-0.39, 0.29) is 30.3 Å². The van der Waals surface area contributed by atoms with Crippen LogP contribution in [0, 0.1) is 5.41 Å². The van der Waals surface area contributed by atoms with Crippen molar-refractivity contribution in [3.05, 3.63) is 22.4 Å². The first-order chi connectivity index (χ1) is 10.1. The summed E-state index contributed by atoms with van der Waals surface area (Å²) >= 11 is 1.46. The van der Waals surface area contributed by atoms with Crippen LogP contribution in [0.25, 0.3) is 0 Å². The van der Waals surface area contributed by atoms with Crippen molar-refractivity contribution in [1.82, 2.24) is 10.6 Å². The van der Waals surface area contributed by atoms with Crippen LogP contribution in [0.2, 0.25) is 0 Å². The van der Waals surface area contributed by atoms with Crippen LogP contribution >= 0.6 is 11.3 Å². The van der Waals surface area contributed by atoms with Gasteiger partial charge >= 0.3 is 0 Å². The van der Waals surface area contributed by atoms with E-state index in [1.54, 1.807) is 11.4 Å². The van der Waals surface area contributed by atoms with Gasteiger partial charge in [-0.2, -0.15) is 11.3 Å². The number of thiophene rings is 1. The van der Waals surface area contributed by atoms with Gasteiger partial charge in [0.05, 0.1) is 6.61 Å². The third-order valence-electron chi connectivity index (χ3n) is 3.92. The summed E-state index contributed by atoms with van der Waals surface area (Å²) in [5.74, 6) is -0.267. The summed E-state index contributed by atoms with van der Waals surface area (Å²) in [6, 6.07) is 1.75. The minimum atomic E-state index is -0.240. The molecule has 0 radical (unpaired) electrons. The summed E-state index contributed by atoms with van der Waals surface area (Å²) in [6.07, 6.45) is 1.87. The fourth-order valence-corrected chi connectivity index (χ4v) is 2.58. The van der Waals surface area contributed by atoms with Crippen LogP contribution in [0.1, 0.15) is 43.5 Å². The standard InChI is InChI=1S/C15H24N2O3S/c1-3-15(4-2,11-18)10-17-13(19)5-7-16-14(20)12-6-8-21-9-12/h6,8-9,18H,3-5,7,10-11H2,1-2H3,(H,16,20)(H,17,19). The van der Waals surface area contributed by atoms with E-state index >= 15 is 0 Å². The van der Waals surface area contributed by atoms with E-state index in [0.29, 0.717) is 18.7 Å². The van der Waals surface area contributed by atoms with Crippen LogP contribution in [0.15, 0.2) is 16.8 Å². The van der Waals surface area contributed by atoms with Gasteiger partial charge in [-0.05, 0) is 24.3 Å². The summed E-state index contributed by atoms with van der Waals surface area (Å²) in [5.41, 5.74) is 0.381. The van der Waals surface area contributed by atoms with Crippen molar-refractivity contribution < 1.29 is 14.7 Å². The zero-order valence-corrected chi connectivity index (χ0v) is 13.5. The highest BCUT2D eigenvalue weighted by molar-refractivity contribution is 7.08. The predicted molar refractivity (Wildman–Crippen MR) is 84.4 cm³/mol. The Balaban J connectivity index is 2.27. The normalized spacial score (nSPS) is 11.2. The minimum Gasteiger partial charge on any atom is -0.396 e. The van der Waals surface area contributed by atoms with Crippen molar-refractivity contribution in [2.75, 3.05) is 19.7 Å². The Morgan fingerprint density at radius 1 is 1.29 bits per heavy atom. The van der Waals surface area contributed by atoms with Crippen molar-refractivity contribution in [2.45, 2.75) is 33.1 Å². The maximum atomic E-state index is 11.8. The molecule has 3 N–H and O–H groups in total. The molecular formula is C15H24N2O3S. The second kappa shape index (κ2) is 8.79. The van der Waals surface area contributed by atoms with E-state index in [1.807, 2.05) is 19.2 Å². The Morgan fingerprint density at radius 3 is 2.52 bits per heavy atom. The molecule has 0 saturated heterocycles. The molecule has 0 bridgehead atoms. The van der Waals surface area contributed by atoms with Gasteiger partial charge in [0.2, 0.25) is 5.91 Å². The lowest BCUT2D eigenvalue weighted by molar-refractivity contribution is -0.121. The Hall–Kier alpha value is -1.40. The van der Waals surface area contributed by atoms with Gasteiger partial charge in [0.15, 0.2) is 0 Å². The van der Waals surface area contributed by atoms with Crippen LogP contribution in [0.5, 0.6) is 0 Å². The molecule has 118 valence electrons. The molecule has 1 rings (SSSR count). The van der Waals surface area contributed by atoms with Crippen molar-refractivity contribution in [1.29, 1.82) is 0 Å². The highest BCUT2D eigenvalue weighted by Crippen LogP contribution is 2.24. The molecule has 0 saturated carbocycles. The Morgan fingerprint density at radius 2 is 2.00 bits per heavy atom. The second-order valence-electron chi connectivity index (χ2n) is 5.16. The first kappa shape index (κ1) is 17.7. The molecule has 0 aromatic carbocycles. The summed E-state index contributed by atoms with van der Waals surface area (Å²) in [7, 11) is 0. The topological polar surface area (TPSA) is 78.4 Å². The molecule has 2 amide bonds. The van der Waals surface area contributed by atoms with Gasteiger partial charge in [0, 0.05) is 35.9 Å². The predicted octanol–water partition coefficient (Wildman–Crippen LogP) is 1.78. The van der Waals surface area contributed by atoms with E-state index in [1.165, 1.54) is 11.3 Å². The fourth-order valence-electron chi connectivity index (χ4n) is 1.94. The van der Waals surface area contributed by atoms with Crippen molar-refractivity contribution in [3.63, 3.8) is 0 Å². The van der Waals surface area contributed by atoms with Crippen LogP contribution < -0.4 is 10.6 Å². The number of carbonyl (C=O) groups is 2. The first-order valence-corrected chi connectivity index (χ1v) is 8.19. The number of hydrogen-bond donors (Lipinski definition) is 3. The maximum absolute atomic E-state index is 11.8. The lowest BCUT2D eigenvalue weighted by Crippen LogP contribution is -2.40. The Labute approximate surface area is 129 Å². The molecule has 6 heteroatoms. The molecule has 1 aromatic rings. The van der Waals surface area contributed by atoms with Crippen molar-refractivity contribution in [3.8, 4) is 0 Å². The average molecular weight is 312 g/mol. The second-order valence-corrected chi connectivity index (χ2v) is 5.94. The van der Waals surface area contributed by atoms with Crippen LogP contribution in [-0.4, -0.2) is 36.6 Å². The van der Waals surface area contributed by atoms with Gasteiger partial charge in [0.25, 0.3) is 5.91 Å². The van der Waals surface area contributed by atoms with Crippen LogP contribution in [-0.2, 0) is 4.79 Å². The van der Waals surface area contributed by atoms with Gasteiger partial charge in [-0.1, -0.05) is 13.8 Å². The molecule has 0 atom stereocenters. The molecule has 1 heterocycles. The van der Waals surface area contributed by atoms with E-state index in [9.17, 15) is 14.7 Å². The summed E-state index contributed by atoms with van der Waals surface area (Å²) in [5, 5.41) is 18.6. The number of amides is 2. The zero-order chi connectivity index (χ0) is 15.7. The number of rotatable bonds is 9. The van der Waals surface area contributed by atoms with Crippen LogP contribution in [0.4, 0.5) is 0 Å². The number of aliphatic hydroxyl groups excluding tert-OH is 1. The monoisotopic (exact) mass is 312 g/mol. The van der Waals surface area contributed by atoms with Gasteiger partial charge in [-0.25, -0.2) is 0 Å². The zero-order valence-electron chi connectivity index (χ0n) is 12.6. The molecule has 1 aromatic heterocycles. The molecule has 0 fully saturated rings. The maximum Gasteiger partial charge on any atom is 0.252 e. The van der Waals surface area contributed by atoms with Gasteiger partial charge in [-0.3, -0.25) is 9.59 Å². The van der Waals surface area contributed by atoms with E-state index < -0.39 is 0 Å². The lowest BCUT2D eigenvalue weighted by Gasteiger charge is -2.29. The SMILES string of the molecule is CCC(CC)(CO)CNC(=O)CCNC(=O)c1ccsc1. The molecule has 0 unspecified atom stereocenters. The highest BCUT2D eigenvalue weighted by Gasteiger charge is 2.25. The molecule has 0 aliphatic heterocycles. The largest absolute Gasteiger partial charge is 0.396 e.